The average Bonchev–Trinajstić information content (AvgIpc) is 3.15. The monoisotopic (exact) mass is 442 g/mol. The number of H-pyrrole nitrogens is 1. The molecular formula is C23H24Cl2N4O. The van der Waals surface area contributed by atoms with Crippen LogP contribution in [0.4, 0.5) is 0 Å². The molecule has 0 radical (unpaired) electrons. The lowest BCUT2D eigenvalue weighted by Crippen LogP contribution is -2.41. The second-order valence-electron chi connectivity index (χ2n) is 6.76. The number of aromatic amines is 1. The van der Waals surface area contributed by atoms with Crippen molar-refractivity contribution in [2.75, 3.05) is 6.54 Å². The maximum absolute atomic E-state index is 12.4. The molecule has 0 unspecified atom stereocenters. The first-order valence-electron chi connectivity index (χ1n) is 9.32. The molecule has 0 spiro atoms. The van der Waals surface area contributed by atoms with E-state index in [1.54, 1.807) is 18.3 Å². The van der Waals surface area contributed by atoms with Gasteiger partial charge in [0.2, 0.25) is 5.91 Å². The zero-order valence-electron chi connectivity index (χ0n) is 16.2. The molecule has 0 saturated heterocycles. The number of rotatable bonds is 6. The lowest BCUT2D eigenvalue weighted by Gasteiger charge is -2.17. The van der Waals surface area contributed by atoms with E-state index in [9.17, 15) is 4.79 Å². The van der Waals surface area contributed by atoms with Crippen LogP contribution >= 0.6 is 24.8 Å². The fourth-order valence-corrected chi connectivity index (χ4v) is 3.46. The van der Waals surface area contributed by atoms with Crippen molar-refractivity contribution in [3.05, 3.63) is 84.2 Å². The Balaban J connectivity index is 0.00000160. The van der Waals surface area contributed by atoms with E-state index in [0.29, 0.717) is 13.0 Å². The number of aromatic nitrogens is 2. The van der Waals surface area contributed by atoms with Crippen LogP contribution in [-0.2, 0) is 11.2 Å². The van der Waals surface area contributed by atoms with Crippen molar-refractivity contribution >= 4 is 58.6 Å². The predicted octanol–water partition coefficient (Wildman–Crippen LogP) is 4.26. The molecule has 7 heteroatoms. The Bertz CT molecular complexity index is 1150. The Kier molecular flexibility index (Phi) is 8.42. The van der Waals surface area contributed by atoms with Gasteiger partial charge in [-0.05, 0) is 41.0 Å². The molecule has 1 atom stereocenters. The summed E-state index contributed by atoms with van der Waals surface area (Å²) >= 11 is 0. The molecule has 156 valence electrons. The number of nitrogens with two attached hydrogens (primary N) is 1. The van der Waals surface area contributed by atoms with Crippen molar-refractivity contribution < 1.29 is 4.79 Å². The third-order valence-electron chi connectivity index (χ3n) is 4.87. The molecule has 2 aromatic carbocycles. The summed E-state index contributed by atoms with van der Waals surface area (Å²) in [5.74, 6) is -0.158. The molecule has 4 aromatic rings. The number of nitrogens with zero attached hydrogens (tertiary/aromatic N) is 1. The Hall–Kier alpha value is -2.86. The highest BCUT2D eigenvalue weighted by Gasteiger charge is 2.12. The maximum Gasteiger partial charge on any atom is 0.244 e. The van der Waals surface area contributed by atoms with E-state index in [1.807, 2.05) is 36.5 Å². The number of hydrogen-bond acceptors (Lipinski definition) is 3. The van der Waals surface area contributed by atoms with Crippen LogP contribution in [-0.4, -0.2) is 28.5 Å². The highest BCUT2D eigenvalue weighted by molar-refractivity contribution is 5.95. The van der Waals surface area contributed by atoms with Crippen LogP contribution < -0.4 is 11.1 Å². The summed E-state index contributed by atoms with van der Waals surface area (Å²) in [5, 5.41) is 6.38. The molecule has 0 aliphatic carbocycles. The Morgan fingerprint density at radius 1 is 1.07 bits per heavy atom. The zero-order valence-corrected chi connectivity index (χ0v) is 17.9. The van der Waals surface area contributed by atoms with E-state index < -0.39 is 0 Å². The smallest absolute Gasteiger partial charge is 0.244 e. The van der Waals surface area contributed by atoms with E-state index in [0.717, 1.165) is 16.6 Å². The molecule has 0 saturated carbocycles. The topological polar surface area (TPSA) is 83.8 Å². The van der Waals surface area contributed by atoms with Crippen molar-refractivity contribution in [3.63, 3.8) is 0 Å². The molecule has 0 aliphatic heterocycles. The van der Waals surface area contributed by atoms with Crippen LogP contribution in [0.2, 0.25) is 0 Å². The summed E-state index contributed by atoms with van der Waals surface area (Å²) in [6.07, 6.45) is 7.60. The van der Waals surface area contributed by atoms with Gasteiger partial charge in [-0.2, -0.15) is 0 Å². The number of carbonyl (C=O) groups excluding carboxylic acids is 1. The number of amides is 1. The van der Waals surface area contributed by atoms with Crippen molar-refractivity contribution in [2.45, 2.75) is 12.5 Å². The Labute approximate surface area is 187 Å². The predicted molar refractivity (Wildman–Crippen MR) is 128 cm³/mol. The largest absolute Gasteiger partial charge is 0.348 e. The normalized spacial score (nSPS) is 11.8. The van der Waals surface area contributed by atoms with E-state index in [-0.39, 0.29) is 36.8 Å². The van der Waals surface area contributed by atoms with Gasteiger partial charge in [0.1, 0.15) is 5.65 Å². The first-order chi connectivity index (χ1) is 13.7. The fraction of sp³-hybridized carbons (Fsp3) is 0.130. The van der Waals surface area contributed by atoms with E-state index in [4.69, 9.17) is 5.73 Å². The number of fused-ring (bicyclic) bond motifs is 2. The fourth-order valence-electron chi connectivity index (χ4n) is 3.46. The SMILES string of the molecule is Cl.Cl.NC[C@H](Cc1cccc2ccccc12)NC(=O)/C=C/c1c[nH]c2ncccc12. The van der Waals surface area contributed by atoms with Crippen LogP contribution in [0.25, 0.3) is 27.9 Å². The second kappa shape index (κ2) is 10.8. The first kappa shape index (κ1) is 23.4. The molecule has 1 amide bonds. The minimum atomic E-state index is -0.158. The second-order valence-corrected chi connectivity index (χ2v) is 6.76. The number of nitrogens with one attached hydrogen (secondary N) is 2. The van der Waals surface area contributed by atoms with E-state index >= 15 is 0 Å². The van der Waals surface area contributed by atoms with Crippen molar-refractivity contribution in [3.8, 4) is 0 Å². The Morgan fingerprint density at radius 2 is 1.83 bits per heavy atom. The molecule has 5 nitrogen and oxygen atoms in total. The number of carbonyl (C=O) groups is 1. The van der Waals surface area contributed by atoms with Crippen LogP contribution in [0.3, 0.4) is 0 Å². The molecule has 0 fully saturated rings. The van der Waals surface area contributed by atoms with E-state index in [2.05, 4.69) is 39.6 Å². The molecular weight excluding hydrogens is 419 g/mol. The third kappa shape index (κ3) is 5.19. The van der Waals surface area contributed by atoms with E-state index in [1.165, 1.54) is 16.3 Å². The molecule has 0 aliphatic rings. The van der Waals surface area contributed by atoms with Gasteiger partial charge in [0.25, 0.3) is 0 Å². The third-order valence-corrected chi connectivity index (χ3v) is 4.87. The molecule has 2 heterocycles. The standard InChI is InChI=1S/C23H22N4O.2ClH/c24-14-19(13-17-7-3-6-16-5-1-2-8-20(16)17)27-22(28)11-10-18-15-26-23-21(18)9-4-12-25-23;;/h1-12,15,19H,13-14,24H2,(H,25,26)(H,27,28);2*1H/b11-10+;;/t19-;;/m0../s1. The van der Waals surface area contributed by atoms with Gasteiger partial charge in [0.05, 0.1) is 0 Å². The van der Waals surface area contributed by atoms with Gasteiger partial charge in [-0.3, -0.25) is 4.79 Å². The minimum absolute atomic E-state index is 0. The zero-order chi connectivity index (χ0) is 19.3. The van der Waals surface area contributed by atoms with Gasteiger partial charge in [0, 0.05) is 42.0 Å². The highest BCUT2D eigenvalue weighted by Crippen LogP contribution is 2.20. The molecule has 0 bridgehead atoms. The molecule has 2 aromatic heterocycles. The van der Waals surface area contributed by atoms with Gasteiger partial charge in [-0.15, -0.1) is 24.8 Å². The molecule has 30 heavy (non-hydrogen) atoms. The maximum atomic E-state index is 12.4. The summed E-state index contributed by atoms with van der Waals surface area (Å²) in [4.78, 5) is 19.8. The summed E-state index contributed by atoms with van der Waals surface area (Å²) in [7, 11) is 0. The Morgan fingerprint density at radius 3 is 2.67 bits per heavy atom. The average molecular weight is 443 g/mol. The van der Waals surface area contributed by atoms with Gasteiger partial charge in [-0.1, -0.05) is 42.5 Å². The highest BCUT2D eigenvalue weighted by atomic mass is 35.5. The summed E-state index contributed by atoms with van der Waals surface area (Å²) in [6, 6.07) is 18.2. The van der Waals surface area contributed by atoms with Gasteiger partial charge in [0.15, 0.2) is 0 Å². The van der Waals surface area contributed by atoms with Gasteiger partial charge in [-0.25, -0.2) is 4.98 Å². The molecule has 4 N–H and O–H groups in total. The number of hydrogen-bond donors (Lipinski definition) is 3. The lowest BCUT2D eigenvalue weighted by atomic mass is 9.99. The number of halogens is 2. The number of pyridine rings is 1. The lowest BCUT2D eigenvalue weighted by molar-refractivity contribution is -0.117. The van der Waals surface area contributed by atoms with Crippen molar-refractivity contribution in [1.82, 2.24) is 15.3 Å². The first-order valence-corrected chi connectivity index (χ1v) is 9.32. The van der Waals surface area contributed by atoms with Crippen molar-refractivity contribution in [2.24, 2.45) is 5.73 Å². The van der Waals surface area contributed by atoms with Crippen LogP contribution in [0.1, 0.15) is 11.1 Å². The van der Waals surface area contributed by atoms with Crippen molar-refractivity contribution in [1.29, 1.82) is 0 Å². The van der Waals surface area contributed by atoms with Gasteiger partial charge < -0.3 is 16.0 Å². The van der Waals surface area contributed by atoms with Crippen LogP contribution in [0.15, 0.2) is 73.1 Å². The number of benzene rings is 2. The summed E-state index contributed by atoms with van der Waals surface area (Å²) in [6.45, 7) is 0.375. The minimum Gasteiger partial charge on any atom is -0.348 e. The van der Waals surface area contributed by atoms with Gasteiger partial charge >= 0.3 is 0 Å². The van der Waals surface area contributed by atoms with Crippen LogP contribution in [0.5, 0.6) is 0 Å². The van der Waals surface area contributed by atoms with Crippen LogP contribution in [0, 0.1) is 0 Å². The molecule has 4 rings (SSSR count). The summed E-state index contributed by atoms with van der Waals surface area (Å²) < 4.78 is 0. The quantitative estimate of drug-likeness (QED) is 0.390. The summed E-state index contributed by atoms with van der Waals surface area (Å²) in [5.41, 5.74) is 8.84.